The maximum absolute atomic E-state index is 5.76. The van der Waals surface area contributed by atoms with Gasteiger partial charge in [-0.2, -0.15) is 0 Å². The van der Waals surface area contributed by atoms with Crippen molar-refractivity contribution in [2.75, 3.05) is 27.2 Å². The number of aryl methyl sites for hydroxylation is 1. The summed E-state index contributed by atoms with van der Waals surface area (Å²) in [5, 5.41) is 4.30. The van der Waals surface area contributed by atoms with Crippen molar-refractivity contribution in [2.45, 2.75) is 19.0 Å². The van der Waals surface area contributed by atoms with Crippen LogP contribution < -0.4 is 5.32 Å². The average molecular weight is 407 g/mol. The summed E-state index contributed by atoms with van der Waals surface area (Å²) in [4.78, 5) is 13.4. The number of hydrogen-bond donors (Lipinski definition) is 1. The van der Waals surface area contributed by atoms with E-state index in [1.165, 1.54) is 5.69 Å². The molecule has 0 aromatic carbocycles. The Bertz CT molecular complexity index is 969. The van der Waals surface area contributed by atoms with E-state index in [0.29, 0.717) is 0 Å². The third-order valence-corrected chi connectivity index (χ3v) is 5.65. The number of hydrogen-bond acceptors (Lipinski definition) is 4. The summed E-state index contributed by atoms with van der Waals surface area (Å²) in [6.45, 7) is 3.88. The molecule has 6 nitrogen and oxygen atoms in total. The van der Waals surface area contributed by atoms with Crippen LogP contribution in [0.4, 0.5) is 0 Å². The van der Waals surface area contributed by atoms with Crippen molar-refractivity contribution < 1.29 is 0 Å². The van der Waals surface area contributed by atoms with Crippen LogP contribution in [0.15, 0.2) is 61.1 Å². The van der Waals surface area contributed by atoms with Gasteiger partial charge in [0.2, 0.25) is 0 Å². The van der Waals surface area contributed by atoms with Crippen molar-refractivity contribution in [3.05, 3.63) is 78.1 Å². The number of likely N-dealkylation sites (N-methyl/N-ethyl adjacent to an activating group) is 1. The largest absolute Gasteiger partial charge is 0.352 e. The molecule has 7 heteroatoms. The van der Waals surface area contributed by atoms with Crippen LogP contribution in [0.5, 0.6) is 0 Å². The standard InChI is InChI=1S/C22H26N6S/c1-16-9-10-19(28(16)17-7-6-11-23-15-17)21-20(18-8-4-5-12-24-18)25-22(29)27(21)14-13-26(2)3/h4-12,15,20-21H,13-14H2,1-3H3,(H,25,29)/t20-,21-/m1/s1. The molecule has 1 aliphatic heterocycles. The van der Waals surface area contributed by atoms with Crippen molar-refractivity contribution >= 4 is 17.3 Å². The number of nitrogens with one attached hydrogen (secondary N) is 1. The van der Waals surface area contributed by atoms with E-state index in [-0.39, 0.29) is 12.1 Å². The van der Waals surface area contributed by atoms with Crippen LogP contribution in [0.25, 0.3) is 5.69 Å². The molecule has 1 fully saturated rings. The molecule has 3 aromatic heterocycles. The van der Waals surface area contributed by atoms with Gasteiger partial charge in [-0.3, -0.25) is 9.97 Å². The summed E-state index contributed by atoms with van der Waals surface area (Å²) < 4.78 is 2.27. The fraction of sp³-hybridized carbons (Fsp3) is 0.318. The smallest absolute Gasteiger partial charge is 0.170 e. The van der Waals surface area contributed by atoms with Crippen LogP contribution in [0, 0.1) is 6.92 Å². The fourth-order valence-electron chi connectivity index (χ4n) is 3.90. The van der Waals surface area contributed by atoms with Crippen LogP contribution in [0.2, 0.25) is 0 Å². The minimum Gasteiger partial charge on any atom is -0.352 e. The Morgan fingerprint density at radius 3 is 2.66 bits per heavy atom. The van der Waals surface area contributed by atoms with Crippen molar-refractivity contribution in [2.24, 2.45) is 0 Å². The van der Waals surface area contributed by atoms with E-state index in [2.05, 4.69) is 74.9 Å². The van der Waals surface area contributed by atoms with Crippen LogP contribution in [0.3, 0.4) is 0 Å². The van der Waals surface area contributed by atoms with E-state index in [9.17, 15) is 0 Å². The highest BCUT2D eigenvalue weighted by Gasteiger charge is 2.41. The average Bonchev–Trinajstić information content (AvgIpc) is 3.27. The molecule has 4 rings (SSSR count). The molecule has 0 saturated carbocycles. The molecule has 1 aliphatic rings. The quantitative estimate of drug-likeness (QED) is 0.635. The molecule has 0 bridgehead atoms. The highest BCUT2D eigenvalue weighted by atomic mass is 32.1. The summed E-state index contributed by atoms with van der Waals surface area (Å²) in [6, 6.07) is 14.5. The Kier molecular flexibility index (Phi) is 5.60. The van der Waals surface area contributed by atoms with Gasteiger partial charge in [-0.25, -0.2) is 0 Å². The monoisotopic (exact) mass is 406 g/mol. The third-order valence-electron chi connectivity index (χ3n) is 5.30. The van der Waals surface area contributed by atoms with Gasteiger partial charge in [0.05, 0.1) is 29.7 Å². The van der Waals surface area contributed by atoms with Gasteiger partial charge < -0.3 is 19.7 Å². The zero-order chi connectivity index (χ0) is 20.4. The first kappa shape index (κ1) is 19.5. The second-order valence-electron chi connectivity index (χ2n) is 7.57. The normalized spacial score (nSPS) is 19.0. The zero-order valence-corrected chi connectivity index (χ0v) is 17.8. The van der Waals surface area contributed by atoms with E-state index in [4.69, 9.17) is 12.2 Å². The van der Waals surface area contributed by atoms with Crippen molar-refractivity contribution in [3.63, 3.8) is 0 Å². The van der Waals surface area contributed by atoms with Crippen molar-refractivity contribution in [1.29, 1.82) is 0 Å². The Hall–Kier alpha value is -2.77. The molecule has 0 spiro atoms. The van der Waals surface area contributed by atoms with Crippen molar-refractivity contribution in [1.82, 2.24) is 29.7 Å². The first-order valence-corrected chi connectivity index (χ1v) is 10.2. The van der Waals surface area contributed by atoms with Gasteiger partial charge in [-0.1, -0.05) is 6.07 Å². The third kappa shape index (κ3) is 3.88. The molecule has 1 N–H and O–H groups in total. The number of thiocarbonyl (C=S) groups is 1. The van der Waals surface area contributed by atoms with Gasteiger partial charge in [0.25, 0.3) is 0 Å². The zero-order valence-electron chi connectivity index (χ0n) is 17.0. The van der Waals surface area contributed by atoms with Crippen LogP contribution in [-0.2, 0) is 0 Å². The highest BCUT2D eigenvalue weighted by molar-refractivity contribution is 7.80. The Labute approximate surface area is 177 Å². The molecule has 0 amide bonds. The van der Waals surface area contributed by atoms with Gasteiger partial charge in [-0.05, 0) is 69.6 Å². The predicted molar refractivity (Wildman–Crippen MR) is 119 cm³/mol. The van der Waals surface area contributed by atoms with Gasteiger partial charge in [-0.15, -0.1) is 0 Å². The lowest BCUT2D eigenvalue weighted by atomic mass is 10.0. The lowest BCUT2D eigenvalue weighted by Crippen LogP contribution is -2.36. The van der Waals surface area contributed by atoms with E-state index in [1.807, 2.05) is 30.6 Å². The Morgan fingerprint density at radius 2 is 1.97 bits per heavy atom. The molecule has 3 aromatic rings. The molecule has 2 atom stereocenters. The molecule has 29 heavy (non-hydrogen) atoms. The first-order valence-electron chi connectivity index (χ1n) is 9.77. The van der Waals surface area contributed by atoms with Crippen LogP contribution in [0.1, 0.15) is 29.2 Å². The SMILES string of the molecule is Cc1ccc([C@@H]2[C@@H](c3ccccn3)NC(=S)N2CCN(C)C)n1-c1cccnc1. The topological polar surface area (TPSA) is 49.2 Å². The highest BCUT2D eigenvalue weighted by Crippen LogP contribution is 2.39. The number of nitrogens with zero attached hydrogens (tertiary/aromatic N) is 5. The first-order chi connectivity index (χ1) is 14.1. The predicted octanol–water partition coefficient (Wildman–Crippen LogP) is 3.11. The van der Waals surface area contributed by atoms with Crippen LogP contribution >= 0.6 is 12.2 Å². The fourth-order valence-corrected chi connectivity index (χ4v) is 4.24. The summed E-state index contributed by atoms with van der Waals surface area (Å²) in [7, 11) is 4.17. The number of pyridine rings is 2. The summed E-state index contributed by atoms with van der Waals surface area (Å²) in [5.74, 6) is 0. The molecule has 0 unspecified atom stereocenters. The maximum Gasteiger partial charge on any atom is 0.170 e. The molecule has 0 radical (unpaired) electrons. The second-order valence-corrected chi connectivity index (χ2v) is 7.96. The number of aromatic nitrogens is 3. The maximum atomic E-state index is 5.76. The number of rotatable bonds is 6. The van der Waals surface area contributed by atoms with Gasteiger partial charge >= 0.3 is 0 Å². The van der Waals surface area contributed by atoms with E-state index >= 15 is 0 Å². The minimum absolute atomic E-state index is 0.0180. The molecule has 4 heterocycles. The van der Waals surface area contributed by atoms with Gasteiger partial charge in [0.15, 0.2) is 5.11 Å². The van der Waals surface area contributed by atoms with Crippen molar-refractivity contribution in [3.8, 4) is 5.69 Å². The van der Waals surface area contributed by atoms with Gasteiger partial charge in [0, 0.05) is 36.9 Å². The van der Waals surface area contributed by atoms with Gasteiger partial charge in [0.1, 0.15) is 0 Å². The van der Waals surface area contributed by atoms with E-state index in [0.717, 1.165) is 35.3 Å². The summed E-state index contributed by atoms with van der Waals surface area (Å²) >= 11 is 5.76. The lowest BCUT2D eigenvalue weighted by molar-refractivity contribution is 0.272. The molecular formula is C22H26N6S. The second kappa shape index (κ2) is 8.31. The molecule has 150 valence electrons. The summed E-state index contributed by atoms with van der Waals surface area (Å²) in [5.41, 5.74) is 4.38. The Balaban J connectivity index is 1.81. The van der Waals surface area contributed by atoms with E-state index in [1.54, 1.807) is 6.20 Å². The summed E-state index contributed by atoms with van der Waals surface area (Å²) in [6.07, 6.45) is 5.54. The molecule has 1 saturated heterocycles. The van der Waals surface area contributed by atoms with E-state index < -0.39 is 0 Å². The van der Waals surface area contributed by atoms with Crippen LogP contribution in [-0.4, -0.2) is 56.6 Å². The lowest BCUT2D eigenvalue weighted by Gasteiger charge is -2.30. The Morgan fingerprint density at radius 1 is 1.10 bits per heavy atom. The minimum atomic E-state index is -0.0180. The molecule has 0 aliphatic carbocycles. The molecular weight excluding hydrogens is 380 g/mol.